The van der Waals surface area contributed by atoms with E-state index in [9.17, 15) is 4.79 Å². The smallest absolute Gasteiger partial charge is 0.231 e. The number of thiazole rings is 1. The molecule has 39 heavy (non-hydrogen) atoms. The summed E-state index contributed by atoms with van der Waals surface area (Å²) >= 11 is 1.51. The van der Waals surface area contributed by atoms with Gasteiger partial charge in [0.15, 0.2) is 16.4 Å². The molecule has 6 aromatic rings. The summed E-state index contributed by atoms with van der Waals surface area (Å²) in [5.41, 5.74) is 4.27. The van der Waals surface area contributed by atoms with Crippen LogP contribution in [0.4, 0.5) is 0 Å². The van der Waals surface area contributed by atoms with E-state index >= 15 is 0 Å². The Morgan fingerprint density at radius 3 is 2.64 bits per heavy atom. The highest BCUT2D eigenvalue weighted by atomic mass is 32.1. The van der Waals surface area contributed by atoms with Crippen LogP contribution in [-0.2, 0) is 11.2 Å². The molecule has 10 nitrogen and oxygen atoms in total. The van der Waals surface area contributed by atoms with Gasteiger partial charge in [0.1, 0.15) is 12.4 Å². The Morgan fingerprint density at radius 1 is 0.974 bits per heavy atom. The summed E-state index contributed by atoms with van der Waals surface area (Å²) in [6.45, 7) is 3.21. The van der Waals surface area contributed by atoms with Gasteiger partial charge in [0, 0.05) is 34.5 Å². The van der Waals surface area contributed by atoms with Crippen molar-refractivity contribution >= 4 is 27.9 Å². The Kier molecular flexibility index (Phi) is 6.88. The minimum Gasteiger partial charge on any atom is -0.494 e. The second kappa shape index (κ2) is 10.9. The highest BCUT2D eigenvalue weighted by Crippen LogP contribution is 2.26. The number of aromatic nitrogens is 6. The molecule has 0 aliphatic carbocycles. The van der Waals surface area contributed by atoms with E-state index in [1.54, 1.807) is 16.6 Å². The largest absolute Gasteiger partial charge is 0.494 e. The van der Waals surface area contributed by atoms with Gasteiger partial charge in [-0.3, -0.25) is 9.20 Å². The van der Waals surface area contributed by atoms with Gasteiger partial charge in [-0.1, -0.05) is 30.3 Å². The molecule has 0 saturated carbocycles. The van der Waals surface area contributed by atoms with Crippen LogP contribution in [0, 0.1) is 0 Å². The molecule has 0 bridgehead atoms. The highest BCUT2D eigenvalue weighted by molar-refractivity contribution is 7.15. The monoisotopic (exact) mass is 539 g/mol. The van der Waals surface area contributed by atoms with Crippen LogP contribution < -0.4 is 14.8 Å². The number of nitrogens with one attached hydrogen (secondary N) is 1. The maximum Gasteiger partial charge on any atom is 0.231 e. The minimum atomic E-state index is -0.0943. The van der Waals surface area contributed by atoms with Gasteiger partial charge in [-0.15, -0.1) is 26.6 Å². The Hall–Kier alpha value is -4.77. The quantitative estimate of drug-likeness (QED) is 0.259. The molecule has 0 atom stereocenters. The van der Waals surface area contributed by atoms with Crippen molar-refractivity contribution in [2.24, 2.45) is 0 Å². The summed E-state index contributed by atoms with van der Waals surface area (Å²) < 4.78 is 14.9. The number of nitrogens with zero attached hydrogens (tertiary/aromatic N) is 6. The molecule has 0 fully saturated rings. The first-order valence-corrected chi connectivity index (χ1v) is 13.4. The fourth-order valence-corrected chi connectivity index (χ4v) is 5.05. The SMILES string of the molecule is CCOc1ccc(-c2cn3c(CC(=O)NCCOc4ccc5nnc(-c6ccccc6)n5n4)csc3n2)cc1. The Morgan fingerprint density at radius 2 is 1.82 bits per heavy atom. The van der Waals surface area contributed by atoms with Crippen molar-refractivity contribution < 1.29 is 14.3 Å². The van der Waals surface area contributed by atoms with E-state index in [1.807, 2.05) is 77.5 Å². The maximum absolute atomic E-state index is 12.6. The van der Waals surface area contributed by atoms with Crippen LogP contribution in [0.25, 0.3) is 33.3 Å². The summed E-state index contributed by atoms with van der Waals surface area (Å²) in [5.74, 6) is 1.80. The Labute approximate surface area is 227 Å². The minimum absolute atomic E-state index is 0.0943. The van der Waals surface area contributed by atoms with Gasteiger partial charge in [-0.05, 0) is 37.3 Å². The molecule has 0 saturated heterocycles. The van der Waals surface area contributed by atoms with Crippen LogP contribution in [0.2, 0.25) is 0 Å². The standard InChI is InChI=1S/C28H25N7O3S/c1-2-37-22-10-8-19(9-11-22)23-17-34-21(18-39-28(34)30-23)16-25(36)29-14-15-38-26-13-12-24-31-32-27(35(24)33-26)20-6-4-3-5-7-20/h3-13,17-18H,2,14-16H2,1H3,(H,29,36). The number of amides is 1. The Bertz CT molecular complexity index is 1730. The summed E-state index contributed by atoms with van der Waals surface area (Å²) in [5, 5.41) is 17.8. The third-order valence-electron chi connectivity index (χ3n) is 6.03. The molecule has 1 N–H and O–H groups in total. The predicted octanol–water partition coefficient (Wildman–Crippen LogP) is 4.30. The van der Waals surface area contributed by atoms with Crippen LogP contribution in [-0.4, -0.2) is 54.9 Å². The lowest BCUT2D eigenvalue weighted by Crippen LogP contribution is -2.29. The zero-order valence-corrected chi connectivity index (χ0v) is 22.0. The van der Waals surface area contributed by atoms with Gasteiger partial charge in [0.05, 0.1) is 25.3 Å². The van der Waals surface area contributed by atoms with Crippen molar-refractivity contribution in [1.29, 1.82) is 0 Å². The second-order valence-corrected chi connectivity index (χ2v) is 9.51. The normalized spacial score (nSPS) is 11.2. The number of hydrogen-bond donors (Lipinski definition) is 1. The number of rotatable bonds is 10. The molecule has 11 heteroatoms. The summed E-state index contributed by atoms with van der Waals surface area (Å²) in [7, 11) is 0. The molecule has 6 rings (SSSR count). The van der Waals surface area contributed by atoms with Crippen LogP contribution in [0.3, 0.4) is 0 Å². The van der Waals surface area contributed by atoms with Gasteiger partial charge >= 0.3 is 0 Å². The van der Waals surface area contributed by atoms with Crippen molar-refractivity contribution in [3.8, 4) is 34.3 Å². The lowest BCUT2D eigenvalue weighted by atomic mass is 10.1. The van der Waals surface area contributed by atoms with Gasteiger partial charge in [-0.25, -0.2) is 4.98 Å². The topological polar surface area (TPSA) is 108 Å². The molecule has 0 aliphatic heterocycles. The summed E-state index contributed by atoms with van der Waals surface area (Å²) in [6.07, 6.45) is 2.20. The van der Waals surface area contributed by atoms with E-state index in [-0.39, 0.29) is 18.9 Å². The van der Waals surface area contributed by atoms with E-state index in [1.165, 1.54) is 11.3 Å². The second-order valence-electron chi connectivity index (χ2n) is 8.67. The molecule has 196 valence electrons. The average molecular weight is 540 g/mol. The number of carbonyl (C=O) groups excluding carboxylic acids is 1. The Balaban J connectivity index is 1.04. The van der Waals surface area contributed by atoms with Gasteiger partial charge in [0.2, 0.25) is 11.8 Å². The van der Waals surface area contributed by atoms with Gasteiger partial charge < -0.3 is 14.8 Å². The van der Waals surface area contributed by atoms with Crippen LogP contribution in [0.5, 0.6) is 11.6 Å². The van der Waals surface area contributed by atoms with E-state index < -0.39 is 0 Å². The summed E-state index contributed by atoms with van der Waals surface area (Å²) in [4.78, 5) is 18.2. The lowest BCUT2D eigenvalue weighted by Gasteiger charge is -2.07. The first kappa shape index (κ1) is 24.6. The fraction of sp³-hybridized carbons (Fsp3) is 0.179. The first-order chi connectivity index (χ1) is 19.2. The number of fused-ring (bicyclic) bond motifs is 2. The van der Waals surface area contributed by atoms with E-state index in [0.717, 1.165) is 33.2 Å². The van der Waals surface area contributed by atoms with Crippen molar-refractivity contribution in [3.63, 3.8) is 0 Å². The highest BCUT2D eigenvalue weighted by Gasteiger charge is 2.13. The molecule has 4 aromatic heterocycles. The van der Waals surface area contributed by atoms with Crippen LogP contribution in [0.15, 0.2) is 78.3 Å². The molecule has 4 heterocycles. The average Bonchev–Trinajstić information content (AvgIpc) is 3.68. The molecule has 0 spiro atoms. The predicted molar refractivity (Wildman–Crippen MR) is 148 cm³/mol. The molecule has 0 aliphatic rings. The number of carbonyl (C=O) groups is 1. The molecular weight excluding hydrogens is 514 g/mol. The lowest BCUT2D eigenvalue weighted by molar-refractivity contribution is -0.120. The molecular formula is C28H25N7O3S. The third kappa shape index (κ3) is 5.30. The van der Waals surface area contributed by atoms with E-state index in [4.69, 9.17) is 14.5 Å². The van der Waals surface area contributed by atoms with Gasteiger partial charge in [0.25, 0.3) is 0 Å². The molecule has 0 unspecified atom stereocenters. The van der Waals surface area contributed by atoms with Crippen molar-refractivity contribution in [2.45, 2.75) is 13.3 Å². The van der Waals surface area contributed by atoms with E-state index in [2.05, 4.69) is 20.6 Å². The van der Waals surface area contributed by atoms with Crippen molar-refractivity contribution in [1.82, 2.24) is 34.5 Å². The molecule has 1 amide bonds. The van der Waals surface area contributed by atoms with Crippen LogP contribution >= 0.6 is 11.3 Å². The third-order valence-corrected chi connectivity index (χ3v) is 6.92. The number of imidazole rings is 1. The van der Waals surface area contributed by atoms with E-state index in [0.29, 0.717) is 30.5 Å². The van der Waals surface area contributed by atoms with Gasteiger partial charge in [-0.2, -0.15) is 4.52 Å². The zero-order chi connectivity index (χ0) is 26.6. The first-order valence-electron chi connectivity index (χ1n) is 12.5. The number of benzene rings is 2. The zero-order valence-electron chi connectivity index (χ0n) is 21.2. The number of hydrogen-bond acceptors (Lipinski definition) is 8. The number of ether oxygens (including phenoxy) is 2. The summed E-state index contributed by atoms with van der Waals surface area (Å²) in [6, 6.07) is 21.1. The van der Waals surface area contributed by atoms with Crippen LogP contribution in [0.1, 0.15) is 12.6 Å². The van der Waals surface area contributed by atoms with Crippen molar-refractivity contribution in [2.75, 3.05) is 19.8 Å². The molecule has 2 aromatic carbocycles. The fourth-order valence-electron chi connectivity index (χ4n) is 4.17. The van der Waals surface area contributed by atoms with Crippen molar-refractivity contribution in [3.05, 3.63) is 84.0 Å². The molecule has 0 radical (unpaired) electrons. The maximum atomic E-state index is 12.6.